The van der Waals surface area contributed by atoms with Gasteiger partial charge in [0.1, 0.15) is 12.4 Å². The van der Waals surface area contributed by atoms with Crippen LogP contribution in [0.3, 0.4) is 0 Å². The van der Waals surface area contributed by atoms with Crippen LogP contribution >= 0.6 is 15.9 Å². The molecule has 27 heavy (non-hydrogen) atoms. The smallest absolute Gasteiger partial charge is 0.271 e. The molecule has 0 radical (unpaired) electrons. The van der Waals surface area contributed by atoms with Gasteiger partial charge in [0.15, 0.2) is 0 Å². The van der Waals surface area contributed by atoms with Gasteiger partial charge < -0.3 is 10.1 Å². The summed E-state index contributed by atoms with van der Waals surface area (Å²) < 4.78 is 6.53. The maximum atomic E-state index is 12.7. The normalized spacial score (nSPS) is 10.3. The van der Waals surface area contributed by atoms with Crippen LogP contribution in [0.2, 0.25) is 0 Å². The lowest BCUT2D eigenvalue weighted by atomic mass is 10.1. The first kappa shape index (κ1) is 18.6. The molecule has 1 N–H and O–H groups in total. The number of anilines is 1. The fourth-order valence-corrected chi connectivity index (χ4v) is 2.80. The van der Waals surface area contributed by atoms with Crippen LogP contribution < -0.4 is 10.1 Å². The molecule has 0 bridgehead atoms. The van der Waals surface area contributed by atoms with Crippen molar-refractivity contribution in [3.63, 3.8) is 0 Å². The number of nitro groups is 1. The third-order valence-corrected chi connectivity index (χ3v) is 4.23. The summed E-state index contributed by atoms with van der Waals surface area (Å²) >= 11 is 3.35. The second-order valence-electron chi connectivity index (χ2n) is 5.68. The van der Waals surface area contributed by atoms with Gasteiger partial charge in [-0.15, -0.1) is 0 Å². The van der Waals surface area contributed by atoms with Crippen LogP contribution in [0.25, 0.3) is 0 Å². The number of halogens is 1. The van der Waals surface area contributed by atoms with Gasteiger partial charge in [-0.3, -0.25) is 14.9 Å². The van der Waals surface area contributed by atoms with Gasteiger partial charge in [0.2, 0.25) is 0 Å². The molecule has 7 heteroatoms. The summed E-state index contributed by atoms with van der Waals surface area (Å²) in [5, 5.41) is 13.6. The average molecular weight is 427 g/mol. The van der Waals surface area contributed by atoms with Crippen LogP contribution in [0.4, 0.5) is 11.4 Å². The number of benzene rings is 3. The largest absolute Gasteiger partial charge is 0.488 e. The molecular formula is C20H15BrN2O4. The van der Waals surface area contributed by atoms with Crippen molar-refractivity contribution in [3.8, 4) is 5.75 Å². The fourth-order valence-electron chi connectivity index (χ4n) is 2.44. The van der Waals surface area contributed by atoms with Gasteiger partial charge in [0.25, 0.3) is 11.6 Å². The molecule has 0 spiro atoms. The Morgan fingerprint density at radius 3 is 2.56 bits per heavy atom. The third-order valence-electron chi connectivity index (χ3n) is 3.74. The number of ether oxygens (including phenoxy) is 1. The molecule has 0 unspecified atom stereocenters. The van der Waals surface area contributed by atoms with E-state index in [1.807, 2.05) is 30.3 Å². The van der Waals surface area contributed by atoms with Gasteiger partial charge in [-0.25, -0.2) is 0 Å². The topological polar surface area (TPSA) is 81.5 Å². The van der Waals surface area contributed by atoms with Crippen molar-refractivity contribution in [1.82, 2.24) is 0 Å². The number of hydrogen-bond donors (Lipinski definition) is 1. The van der Waals surface area contributed by atoms with E-state index in [0.29, 0.717) is 23.6 Å². The average Bonchev–Trinajstić information content (AvgIpc) is 2.68. The maximum absolute atomic E-state index is 12.7. The zero-order valence-electron chi connectivity index (χ0n) is 14.1. The first-order chi connectivity index (χ1) is 13.0. The van der Waals surface area contributed by atoms with Gasteiger partial charge in [0.05, 0.1) is 10.5 Å². The zero-order chi connectivity index (χ0) is 19.2. The molecule has 0 fully saturated rings. The zero-order valence-corrected chi connectivity index (χ0v) is 15.7. The van der Waals surface area contributed by atoms with E-state index in [0.717, 1.165) is 10.0 Å². The van der Waals surface area contributed by atoms with Crippen molar-refractivity contribution in [2.24, 2.45) is 0 Å². The number of carbonyl (C=O) groups excluding carboxylic acids is 1. The molecule has 3 aromatic carbocycles. The Morgan fingerprint density at radius 2 is 1.81 bits per heavy atom. The molecule has 1 amide bonds. The minimum atomic E-state index is -0.511. The summed E-state index contributed by atoms with van der Waals surface area (Å²) in [6, 6.07) is 20.5. The summed E-state index contributed by atoms with van der Waals surface area (Å²) in [5.41, 5.74) is 1.54. The highest BCUT2D eigenvalue weighted by atomic mass is 79.9. The Morgan fingerprint density at radius 1 is 1.04 bits per heavy atom. The Labute approximate surface area is 164 Å². The van der Waals surface area contributed by atoms with Gasteiger partial charge in [-0.05, 0) is 29.8 Å². The summed E-state index contributed by atoms with van der Waals surface area (Å²) in [4.78, 5) is 23.1. The standard InChI is InChI=1S/C20H15BrN2O4/c21-15-9-10-19(27-13-14-5-2-1-3-6-14)18(11-15)20(24)22-16-7-4-8-17(12-16)23(25)26/h1-12H,13H2,(H,22,24). The van der Waals surface area contributed by atoms with E-state index in [2.05, 4.69) is 21.2 Å². The van der Waals surface area contributed by atoms with Crippen LogP contribution in [0.1, 0.15) is 15.9 Å². The van der Waals surface area contributed by atoms with Crippen LogP contribution in [0.5, 0.6) is 5.75 Å². The third kappa shape index (κ3) is 4.92. The predicted octanol–water partition coefficient (Wildman–Crippen LogP) is 5.19. The number of nitrogens with zero attached hydrogens (tertiary/aromatic N) is 1. The van der Waals surface area contributed by atoms with Crippen molar-refractivity contribution in [3.05, 3.63) is 98.5 Å². The van der Waals surface area contributed by atoms with E-state index >= 15 is 0 Å². The molecule has 0 aliphatic carbocycles. The van der Waals surface area contributed by atoms with E-state index < -0.39 is 10.8 Å². The van der Waals surface area contributed by atoms with Crippen LogP contribution in [0, 0.1) is 10.1 Å². The maximum Gasteiger partial charge on any atom is 0.271 e. The number of non-ortho nitro benzene ring substituents is 1. The summed E-state index contributed by atoms with van der Waals surface area (Å²) in [6.45, 7) is 0.319. The van der Waals surface area contributed by atoms with Crippen LogP contribution in [0.15, 0.2) is 77.3 Å². The van der Waals surface area contributed by atoms with E-state index in [4.69, 9.17) is 4.74 Å². The van der Waals surface area contributed by atoms with Crippen molar-refractivity contribution in [2.75, 3.05) is 5.32 Å². The van der Waals surface area contributed by atoms with Crippen LogP contribution in [-0.4, -0.2) is 10.8 Å². The molecule has 0 aliphatic heterocycles. The molecule has 3 rings (SSSR count). The highest BCUT2D eigenvalue weighted by molar-refractivity contribution is 9.10. The van der Waals surface area contributed by atoms with Crippen molar-refractivity contribution in [2.45, 2.75) is 6.61 Å². The fraction of sp³-hybridized carbons (Fsp3) is 0.0500. The molecule has 0 atom stereocenters. The lowest BCUT2D eigenvalue weighted by Crippen LogP contribution is -2.14. The number of hydrogen-bond acceptors (Lipinski definition) is 4. The number of nitro benzene ring substituents is 1. The second kappa shape index (κ2) is 8.46. The highest BCUT2D eigenvalue weighted by Crippen LogP contribution is 2.26. The quantitative estimate of drug-likeness (QED) is 0.434. The molecule has 0 saturated carbocycles. The van der Waals surface area contributed by atoms with E-state index in [1.54, 1.807) is 24.3 Å². The molecule has 136 valence electrons. The van der Waals surface area contributed by atoms with Crippen molar-refractivity contribution in [1.29, 1.82) is 0 Å². The molecule has 0 aliphatic rings. The minimum Gasteiger partial charge on any atom is -0.488 e. The Balaban J connectivity index is 1.80. The monoisotopic (exact) mass is 426 g/mol. The van der Waals surface area contributed by atoms with E-state index in [9.17, 15) is 14.9 Å². The molecule has 0 heterocycles. The Hall–Kier alpha value is -3.19. The lowest BCUT2D eigenvalue weighted by Gasteiger charge is -2.12. The first-order valence-electron chi connectivity index (χ1n) is 8.05. The van der Waals surface area contributed by atoms with Crippen LogP contribution in [-0.2, 0) is 6.61 Å². The Kier molecular flexibility index (Phi) is 5.83. The van der Waals surface area contributed by atoms with Crippen molar-refractivity contribution >= 4 is 33.2 Å². The summed E-state index contributed by atoms with van der Waals surface area (Å²) in [6.07, 6.45) is 0. The Bertz CT molecular complexity index is 977. The van der Waals surface area contributed by atoms with Gasteiger partial charge in [-0.1, -0.05) is 52.3 Å². The number of carbonyl (C=O) groups is 1. The first-order valence-corrected chi connectivity index (χ1v) is 8.84. The van der Waals surface area contributed by atoms with E-state index in [1.165, 1.54) is 18.2 Å². The molecule has 0 aromatic heterocycles. The predicted molar refractivity (Wildman–Crippen MR) is 106 cm³/mol. The van der Waals surface area contributed by atoms with E-state index in [-0.39, 0.29) is 5.69 Å². The minimum absolute atomic E-state index is 0.0948. The SMILES string of the molecule is O=C(Nc1cccc([N+](=O)[O-])c1)c1cc(Br)ccc1OCc1ccccc1. The van der Waals surface area contributed by atoms with Gasteiger partial charge in [-0.2, -0.15) is 0 Å². The number of rotatable bonds is 6. The summed E-state index contributed by atoms with van der Waals surface area (Å²) in [7, 11) is 0. The van der Waals surface area contributed by atoms with Gasteiger partial charge in [0, 0.05) is 22.3 Å². The number of nitrogens with one attached hydrogen (secondary N) is 1. The summed E-state index contributed by atoms with van der Waals surface area (Å²) in [5.74, 6) is 0.00448. The highest BCUT2D eigenvalue weighted by Gasteiger charge is 2.15. The van der Waals surface area contributed by atoms with Crippen molar-refractivity contribution < 1.29 is 14.5 Å². The molecule has 0 saturated heterocycles. The second-order valence-corrected chi connectivity index (χ2v) is 6.59. The molecule has 3 aromatic rings. The molecule has 6 nitrogen and oxygen atoms in total. The van der Waals surface area contributed by atoms with Gasteiger partial charge >= 0.3 is 0 Å². The number of amides is 1. The lowest BCUT2D eigenvalue weighted by molar-refractivity contribution is -0.384. The molecular weight excluding hydrogens is 412 g/mol.